The van der Waals surface area contributed by atoms with Crippen molar-refractivity contribution in [1.29, 1.82) is 0 Å². The smallest absolute Gasteiger partial charge is 0.263 e. The summed E-state index contributed by atoms with van der Waals surface area (Å²) in [5.41, 5.74) is 1.35. The maximum absolute atomic E-state index is 13.0. The third kappa shape index (κ3) is 3.65. The first-order chi connectivity index (χ1) is 9.79. The molecule has 2 aromatic carbocycles. The van der Waals surface area contributed by atoms with Crippen molar-refractivity contribution in [1.82, 2.24) is 0 Å². The standard InChI is InChI=1S/C14H14ClFN2O2S/c1-18(2)12-6-4-11(5-7-12)17-21(19,20)14-8-3-10(16)9-13(14)15/h3-9,17H,1-2H3. The monoisotopic (exact) mass is 328 g/mol. The highest BCUT2D eigenvalue weighted by molar-refractivity contribution is 7.92. The minimum absolute atomic E-state index is 0.160. The van der Waals surface area contributed by atoms with Gasteiger partial charge >= 0.3 is 0 Å². The van der Waals surface area contributed by atoms with Gasteiger partial charge in [-0.25, -0.2) is 12.8 Å². The molecule has 0 radical (unpaired) electrons. The molecule has 0 aromatic heterocycles. The SMILES string of the molecule is CN(C)c1ccc(NS(=O)(=O)c2ccc(F)cc2Cl)cc1. The Kier molecular flexibility index (Phi) is 4.39. The van der Waals surface area contributed by atoms with Gasteiger partial charge in [0.05, 0.1) is 5.02 Å². The molecular weight excluding hydrogens is 315 g/mol. The molecule has 0 saturated heterocycles. The average Bonchev–Trinajstić information content (AvgIpc) is 2.38. The Morgan fingerprint density at radius 2 is 1.71 bits per heavy atom. The maximum Gasteiger partial charge on any atom is 0.263 e. The van der Waals surface area contributed by atoms with E-state index in [1.165, 1.54) is 0 Å². The number of sulfonamides is 1. The van der Waals surface area contributed by atoms with Gasteiger partial charge in [0.1, 0.15) is 10.7 Å². The molecule has 7 heteroatoms. The van der Waals surface area contributed by atoms with Crippen LogP contribution in [-0.2, 0) is 10.0 Å². The molecule has 112 valence electrons. The molecule has 2 rings (SSSR count). The van der Waals surface area contributed by atoms with Gasteiger partial charge in [-0.3, -0.25) is 4.72 Å². The molecular formula is C14H14ClFN2O2S. The molecule has 0 saturated carbocycles. The Bertz CT molecular complexity index is 746. The van der Waals surface area contributed by atoms with E-state index in [1.807, 2.05) is 19.0 Å². The van der Waals surface area contributed by atoms with Crippen molar-refractivity contribution in [3.63, 3.8) is 0 Å². The Labute approximate surface area is 128 Å². The highest BCUT2D eigenvalue weighted by atomic mass is 35.5. The van der Waals surface area contributed by atoms with Gasteiger partial charge in [-0.05, 0) is 42.5 Å². The van der Waals surface area contributed by atoms with E-state index in [1.54, 1.807) is 24.3 Å². The molecule has 0 unspecified atom stereocenters. The summed E-state index contributed by atoms with van der Waals surface area (Å²) >= 11 is 5.78. The Balaban J connectivity index is 2.28. The summed E-state index contributed by atoms with van der Waals surface area (Å²) in [6, 6.07) is 10.00. The van der Waals surface area contributed by atoms with Gasteiger partial charge in [0.15, 0.2) is 0 Å². The molecule has 0 aliphatic carbocycles. The Morgan fingerprint density at radius 1 is 1.10 bits per heavy atom. The molecule has 21 heavy (non-hydrogen) atoms. The van der Waals surface area contributed by atoms with Crippen LogP contribution in [0.25, 0.3) is 0 Å². The zero-order chi connectivity index (χ0) is 15.6. The second-order valence-electron chi connectivity index (χ2n) is 4.62. The van der Waals surface area contributed by atoms with E-state index in [-0.39, 0.29) is 9.92 Å². The quantitative estimate of drug-likeness (QED) is 0.936. The normalized spacial score (nSPS) is 11.2. The summed E-state index contributed by atoms with van der Waals surface area (Å²) in [6.45, 7) is 0. The summed E-state index contributed by atoms with van der Waals surface area (Å²) in [5.74, 6) is -0.589. The van der Waals surface area contributed by atoms with Crippen LogP contribution in [0.2, 0.25) is 5.02 Å². The van der Waals surface area contributed by atoms with E-state index in [9.17, 15) is 12.8 Å². The van der Waals surface area contributed by atoms with Gasteiger partial charge in [-0.15, -0.1) is 0 Å². The van der Waals surface area contributed by atoms with E-state index in [0.717, 1.165) is 23.9 Å². The van der Waals surface area contributed by atoms with E-state index in [0.29, 0.717) is 5.69 Å². The van der Waals surface area contributed by atoms with Crippen molar-refractivity contribution in [2.45, 2.75) is 4.90 Å². The lowest BCUT2D eigenvalue weighted by atomic mass is 10.3. The fourth-order valence-electron chi connectivity index (χ4n) is 1.73. The van der Waals surface area contributed by atoms with Crippen molar-refractivity contribution in [2.75, 3.05) is 23.7 Å². The molecule has 0 spiro atoms. The number of benzene rings is 2. The van der Waals surface area contributed by atoms with Crippen molar-refractivity contribution >= 4 is 33.0 Å². The molecule has 0 amide bonds. The average molecular weight is 329 g/mol. The third-order valence-corrected chi connectivity index (χ3v) is 4.68. The fraction of sp³-hybridized carbons (Fsp3) is 0.143. The fourth-order valence-corrected chi connectivity index (χ4v) is 3.32. The summed E-state index contributed by atoms with van der Waals surface area (Å²) in [5, 5.41) is -0.160. The van der Waals surface area contributed by atoms with E-state index >= 15 is 0 Å². The van der Waals surface area contributed by atoms with Crippen LogP contribution < -0.4 is 9.62 Å². The van der Waals surface area contributed by atoms with Crippen LogP contribution >= 0.6 is 11.6 Å². The molecule has 1 N–H and O–H groups in total. The Morgan fingerprint density at radius 3 is 2.24 bits per heavy atom. The summed E-state index contributed by atoms with van der Waals surface area (Å²) < 4.78 is 39.8. The molecule has 0 aliphatic heterocycles. The lowest BCUT2D eigenvalue weighted by molar-refractivity contribution is 0.600. The second-order valence-corrected chi connectivity index (χ2v) is 6.68. The van der Waals surface area contributed by atoms with Gasteiger partial charge < -0.3 is 4.90 Å². The molecule has 0 aliphatic rings. The predicted molar refractivity (Wildman–Crippen MR) is 83.0 cm³/mol. The van der Waals surface area contributed by atoms with Crippen LogP contribution in [0.15, 0.2) is 47.4 Å². The zero-order valence-electron chi connectivity index (χ0n) is 11.5. The number of hydrogen-bond donors (Lipinski definition) is 1. The molecule has 0 fully saturated rings. The number of halogens is 2. The van der Waals surface area contributed by atoms with E-state index in [2.05, 4.69) is 4.72 Å². The summed E-state index contributed by atoms with van der Waals surface area (Å²) in [6.07, 6.45) is 0. The van der Waals surface area contributed by atoms with E-state index < -0.39 is 15.8 Å². The molecule has 2 aromatic rings. The van der Waals surface area contributed by atoms with Crippen molar-refractivity contribution < 1.29 is 12.8 Å². The summed E-state index contributed by atoms with van der Waals surface area (Å²) in [7, 11) is -0.0833. The lowest BCUT2D eigenvalue weighted by Gasteiger charge is -2.14. The first-order valence-corrected chi connectivity index (χ1v) is 7.91. The van der Waals surface area contributed by atoms with Crippen LogP contribution in [0.3, 0.4) is 0 Å². The largest absolute Gasteiger partial charge is 0.378 e. The predicted octanol–water partition coefficient (Wildman–Crippen LogP) is 3.35. The van der Waals surface area contributed by atoms with Gasteiger partial charge in [-0.2, -0.15) is 0 Å². The van der Waals surface area contributed by atoms with Gasteiger partial charge in [0.2, 0.25) is 0 Å². The summed E-state index contributed by atoms with van der Waals surface area (Å²) in [4.78, 5) is 1.73. The van der Waals surface area contributed by atoms with Crippen LogP contribution in [-0.4, -0.2) is 22.5 Å². The number of nitrogens with one attached hydrogen (secondary N) is 1. The first-order valence-electron chi connectivity index (χ1n) is 6.05. The van der Waals surface area contributed by atoms with Gasteiger partial charge in [0.25, 0.3) is 10.0 Å². The van der Waals surface area contributed by atoms with Gasteiger partial charge in [-0.1, -0.05) is 11.6 Å². The first kappa shape index (κ1) is 15.6. The Hall–Kier alpha value is -1.79. The zero-order valence-corrected chi connectivity index (χ0v) is 13.0. The molecule has 0 heterocycles. The van der Waals surface area contributed by atoms with Crippen molar-refractivity contribution in [3.05, 3.63) is 53.3 Å². The third-order valence-electron chi connectivity index (χ3n) is 2.82. The molecule has 0 atom stereocenters. The second kappa shape index (κ2) is 5.91. The van der Waals surface area contributed by atoms with Crippen molar-refractivity contribution in [2.24, 2.45) is 0 Å². The van der Waals surface area contributed by atoms with Crippen LogP contribution in [0, 0.1) is 5.82 Å². The lowest BCUT2D eigenvalue weighted by Crippen LogP contribution is -2.14. The highest BCUT2D eigenvalue weighted by Crippen LogP contribution is 2.25. The van der Waals surface area contributed by atoms with Crippen molar-refractivity contribution in [3.8, 4) is 0 Å². The van der Waals surface area contributed by atoms with Crippen LogP contribution in [0.5, 0.6) is 0 Å². The number of anilines is 2. The highest BCUT2D eigenvalue weighted by Gasteiger charge is 2.18. The van der Waals surface area contributed by atoms with E-state index in [4.69, 9.17) is 11.6 Å². The van der Waals surface area contributed by atoms with Crippen LogP contribution in [0.4, 0.5) is 15.8 Å². The minimum atomic E-state index is -3.86. The van der Waals surface area contributed by atoms with Gasteiger partial charge in [0, 0.05) is 25.5 Å². The number of hydrogen-bond acceptors (Lipinski definition) is 3. The molecule has 0 bridgehead atoms. The maximum atomic E-state index is 13.0. The number of nitrogens with zero attached hydrogens (tertiary/aromatic N) is 1. The molecule has 4 nitrogen and oxygen atoms in total. The minimum Gasteiger partial charge on any atom is -0.378 e. The van der Waals surface area contributed by atoms with Crippen LogP contribution in [0.1, 0.15) is 0 Å². The topological polar surface area (TPSA) is 49.4 Å². The number of rotatable bonds is 4.